The lowest BCUT2D eigenvalue weighted by Gasteiger charge is -2.37. The molecule has 5 heteroatoms. The molecule has 1 saturated heterocycles. The first-order valence-electron chi connectivity index (χ1n) is 13.7. The minimum absolute atomic E-state index is 0.0804. The molecule has 0 amide bonds. The van der Waals surface area contributed by atoms with Gasteiger partial charge in [0, 0.05) is 8.80 Å². The van der Waals surface area contributed by atoms with E-state index >= 15 is 0 Å². The van der Waals surface area contributed by atoms with E-state index in [9.17, 15) is 13.2 Å². The Kier molecular flexibility index (Phi) is 11.6. The van der Waals surface area contributed by atoms with Gasteiger partial charge >= 0.3 is 0 Å². The van der Waals surface area contributed by atoms with E-state index in [0.717, 1.165) is 36.2 Å². The molecule has 2 fully saturated rings. The summed E-state index contributed by atoms with van der Waals surface area (Å²) in [6, 6.07) is 9.57. The SMILES string of the molecule is CCCCC[Si@H]1CC[C@H]([C@H]2CC[C@H](CCCCc3ccc(OCC(F)F)c(F)c3)CC2)CC1. The fraction of sp³-hybridized carbons (Fsp3) is 0.786. The highest BCUT2D eigenvalue weighted by Gasteiger charge is 2.30. The van der Waals surface area contributed by atoms with Crippen LogP contribution in [-0.2, 0) is 6.42 Å². The summed E-state index contributed by atoms with van der Waals surface area (Å²) in [4.78, 5) is 0. The molecule has 0 spiro atoms. The van der Waals surface area contributed by atoms with Crippen molar-refractivity contribution in [2.24, 2.45) is 17.8 Å². The third-order valence-corrected chi connectivity index (χ3v) is 11.9. The molecule has 3 rings (SSSR count). The van der Waals surface area contributed by atoms with Gasteiger partial charge in [0.2, 0.25) is 0 Å². The largest absolute Gasteiger partial charge is 0.485 e. The van der Waals surface area contributed by atoms with E-state index in [-0.39, 0.29) is 14.5 Å². The number of aryl methyl sites for hydroxylation is 1. The number of unbranched alkanes of at least 4 members (excludes halogenated alkanes) is 3. The van der Waals surface area contributed by atoms with Crippen LogP contribution in [-0.4, -0.2) is 21.8 Å². The Hall–Kier alpha value is -0.973. The Labute approximate surface area is 201 Å². The first-order chi connectivity index (χ1) is 16.0. The van der Waals surface area contributed by atoms with Crippen LogP contribution in [0, 0.1) is 23.6 Å². The summed E-state index contributed by atoms with van der Waals surface area (Å²) in [5.41, 5.74) is 0.925. The van der Waals surface area contributed by atoms with Crippen molar-refractivity contribution in [2.45, 2.75) is 115 Å². The zero-order chi connectivity index (χ0) is 23.5. The molecular weight excluding hydrogens is 437 g/mol. The van der Waals surface area contributed by atoms with Crippen molar-refractivity contribution in [3.8, 4) is 5.75 Å². The van der Waals surface area contributed by atoms with Crippen molar-refractivity contribution in [3.05, 3.63) is 29.6 Å². The van der Waals surface area contributed by atoms with Crippen LogP contribution in [0.5, 0.6) is 5.75 Å². The number of halogens is 3. The molecule has 1 nitrogen and oxygen atoms in total. The highest BCUT2D eigenvalue weighted by Crippen LogP contribution is 2.42. The summed E-state index contributed by atoms with van der Waals surface area (Å²) in [7, 11) is -0.383. The van der Waals surface area contributed by atoms with Gasteiger partial charge in [0.1, 0.15) is 6.61 Å². The van der Waals surface area contributed by atoms with Gasteiger partial charge in [-0.1, -0.05) is 88.9 Å². The average molecular weight is 483 g/mol. The van der Waals surface area contributed by atoms with Gasteiger partial charge in [0.15, 0.2) is 11.6 Å². The summed E-state index contributed by atoms with van der Waals surface area (Å²) in [6.45, 7) is 1.55. The van der Waals surface area contributed by atoms with E-state index < -0.39 is 18.8 Å². The van der Waals surface area contributed by atoms with Crippen LogP contribution in [0.25, 0.3) is 0 Å². The molecule has 1 heterocycles. The molecule has 2 aliphatic rings. The van der Waals surface area contributed by atoms with Gasteiger partial charge < -0.3 is 4.74 Å². The number of rotatable bonds is 13. The number of ether oxygens (including phenoxy) is 1. The maximum Gasteiger partial charge on any atom is 0.272 e. The first kappa shape index (κ1) is 26.6. The molecular formula is C28H45F3OSi. The molecule has 0 unspecified atom stereocenters. The van der Waals surface area contributed by atoms with E-state index in [1.807, 2.05) is 0 Å². The second kappa shape index (κ2) is 14.4. The second-order valence-electron chi connectivity index (χ2n) is 10.8. The van der Waals surface area contributed by atoms with Gasteiger partial charge in [0.25, 0.3) is 6.43 Å². The summed E-state index contributed by atoms with van der Waals surface area (Å²) in [6.07, 6.45) is 14.9. The zero-order valence-corrected chi connectivity index (χ0v) is 21.8. The van der Waals surface area contributed by atoms with Crippen LogP contribution >= 0.6 is 0 Å². The fourth-order valence-electron chi connectivity index (χ4n) is 6.31. The molecule has 1 saturated carbocycles. The Morgan fingerprint density at radius 3 is 2.33 bits per heavy atom. The predicted octanol–water partition coefficient (Wildman–Crippen LogP) is 8.82. The average Bonchev–Trinajstić information content (AvgIpc) is 2.82. The van der Waals surface area contributed by atoms with Gasteiger partial charge in [-0.25, -0.2) is 13.2 Å². The minimum atomic E-state index is -2.59. The molecule has 0 atom stereocenters. The number of benzene rings is 1. The van der Waals surface area contributed by atoms with E-state index in [1.165, 1.54) is 69.9 Å². The van der Waals surface area contributed by atoms with E-state index in [0.29, 0.717) is 0 Å². The molecule has 0 radical (unpaired) electrons. The predicted molar refractivity (Wildman–Crippen MR) is 135 cm³/mol. The Morgan fingerprint density at radius 1 is 0.939 bits per heavy atom. The molecule has 1 aliphatic carbocycles. The lowest BCUT2D eigenvalue weighted by atomic mass is 9.73. The summed E-state index contributed by atoms with van der Waals surface area (Å²) < 4.78 is 43.3. The summed E-state index contributed by atoms with van der Waals surface area (Å²) >= 11 is 0. The quantitative estimate of drug-likeness (QED) is 0.202. The molecule has 1 aromatic rings. The molecule has 0 N–H and O–H groups in total. The maximum absolute atomic E-state index is 14.0. The highest BCUT2D eigenvalue weighted by molar-refractivity contribution is 6.58. The van der Waals surface area contributed by atoms with E-state index in [4.69, 9.17) is 4.74 Å². The lowest BCUT2D eigenvalue weighted by molar-refractivity contribution is 0.0799. The molecule has 188 valence electrons. The Bertz CT molecular complexity index is 667. The van der Waals surface area contributed by atoms with Gasteiger partial charge in [0.05, 0.1) is 0 Å². The van der Waals surface area contributed by atoms with Gasteiger partial charge in [-0.15, -0.1) is 0 Å². The highest BCUT2D eigenvalue weighted by atomic mass is 28.3. The van der Waals surface area contributed by atoms with Crippen LogP contribution in [0.4, 0.5) is 13.2 Å². The third-order valence-electron chi connectivity index (χ3n) is 8.35. The molecule has 1 aromatic carbocycles. The topological polar surface area (TPSA) is 9.23 Å². The Balaban J connectivity index is 1.27. The van der Waals surface area contributed by atoms with Crippen molar-refractivity contribution in [3.63, 3.8) is 0 Å². The standard InChI is InChI=1S/C28H45F3OSi/c1-2-3-6-17-33-18-15-25(16-19-33)24-12-9-22(10-13-24)7-4-5-8-23-11-14-27(26(29)20-23)32-21-28(30)31/h11,14,20,22,24-25,28,33H,2-10,12-13,15-19,21H2,1H3/t22-,24-,25-,33-. The number of hydrogen-bond acceptors (Lipinski definition) is 1. The monoisotopic (exact) mass is 482 g/mol. The van der Waals surface area contributed by atoms with Crippen molar-refractivity contribution >= 4 is 8.80 Å². The van der Waals surface area contributed by atoms with Gasteiger partial charge in [-0.05, 0) is 61.1 Å². The van der Waals surface area contributed by atoms with Crippen molar-refractivity contribution in [2.75, 3.05) is 6.61 Å². The van der Waals surface area contributed by atoms with Crippen molar-refractivity contribution in [1.29, 1.82) is 0 Å². The van der Waals surface area contributed by atoms with Crippen LogP contribution in [0.15, 0.2) is 18.2 Å². The molecule has 33 heavy (non-hydrogen) atoms. The molecule has 0 aromatic heterocycles. The summed E-state index contributed by atoms with van der Waals surface area (Å²) in [5.74, 6) is 2.29. The minimum Gasteiger partial charge on any atom is -0.485 e. The zero-order valence-electron chi connectivity index (χ0n) is 20.7. The van der Waals surface area contributed by atoms with Gasteiger partial charge in [-0.3, -0.25) is 0 Å². The van der Waals surface area contributed by atoms with Crippen LogP contribution < -0.4 is 4.74 Å². The third kappa shape index (κ3) is 9.30. The molecule has 0 bridgehead atoms. The van der Waals surface area contributed by atoms with Gasteiger partial charge in [-0.2, -0.15) is 0 Å². The Morgan fingerprint density at radius 2 is 1.67 bits per heavy atom. The fourth-order valence-corrected chi connectivity index (χ4v) is 9.84. The van der Waals surface area contributed by atoms with E-state index in [1.54, 1.807) is 37.0 Å². The second-order valence-corrected chi connectivity index (χ2v) is 14.2. The van der Waals surface area contributed by atoms with Crippen LogP contribution in [0.3, 0.4) is 0 Å². The van der Waals surface area contributed by atoms with Crippen molar-refractivity contribution in [1.82, 2.24) is 0 Å². The van der Waals surface area contributed by atoms with Crippen LogP contribution in [0.1, 0.15) is 89.5 Å². The van der Waals surface area contributed by atoms with Crippen molar-refractivity contribution < 1.29 is 17.9 Å². The molecule has 1 aliphatic heterocycles. The lowest BCUT2D eigenvalue weighted by Crippen LogP contribution is -2.28. The smallest absolute Gasteiger partial charge is 0.272 e. The normalized spacial score (nSPS) is 26.0. The van der Waals surface area contributed by atoms with Crippen LogP contribution in [0.2, 0.25) is 18.1 Å². The maximum atomic E-state index is 14.0. The number of hydrogen-bond donors (Lipinski definition) is 0. The summed E-state index contributed by atoms with van der Waals surface area (Å²) in [5, 5.41) is 0. The number of alkyl halides is 2. The van der Waals surface area contributed by atoms with E-state index in [2.05, 4.69) is 6.92 Å². The first-order valence-corrected chi connectivity index (χ1v) is 16.2.